The Kier molecular flexibility index (Phi) is 4.86. The third-order valence-corrected chi connectivity index (χ3v) is 5.08. The first-order valence-electron chi connectivity index (χ1n) is 8.39. The molecule has 0 radical (unpaired) electrons. The van der Waals surface area contributed by atoms with Crippen molar-refractivity contribution in [1.82, 2.24) is 15.2 Å². The fourth-order valence-electron chi connectivity index (χ4n) is 2.82. The monoisotopic (exact) mass is 392 g/mol. The molecular formula is C20H16N4O3S. The van der Waals surface area contributed by atoms with Crippen molar-refractivity contribution in [2.75, 3.05) is 12.4 Å². The van der Waals surface area contributed by atoms with E-state index in [1.54, 1.807) is 43.5 Å². The molecule has 8 heteroatoms. The van der Waals surface area contributed by atoms with Crippen LogP contribution in [0.15, 0.2) is 71.0 Å². The van der Waals surface area contributed by atoms with Crippen molar-refractivity contribution in [3.63, 3.8) is 0 Å². The van der Waals surface area contributed by atoms with Gasteiger partial charge in [-0.15, -0.1) is 0 Å². The number of methoxy groups -OCH3 is 1. The van der Waals surface area contributed by atoms with E-state index in [1.807, 2.05) is 18.2 Å². The molecule has 0 atom stereocenters. The predicted molar refractivity (Wildman–Crippen MR) is 107 cm³/mol. The van der Waals surface area contributed by atoms with Gasteiger partial charge in [0.25, 0.3) is 5.91 Å². The molecule has 0 aliphatic heterocycles. The summed E-state index contributed by atoms with van der Waals surface area (Å²) in [6, 6.07) is 16.0. The summed E-state index contributed by atoms with van der Waals surface area (Å²) in [7, 11) is 1.55. The largest absolute Gasteiger partial charge is 0.506 e. The van der Waals surface area contributed by atoms with E-state index in [1.165, 1.54) is 18.1 Å². The second kappa shape index (κ2) is 7.61. The van der Waals surface area contributed by atoms with Crippen LogP contribution >= 0.6 is 11.8 Å². The minimum Gasteiger partial charge on any atom is -0.506 e. The van der Waals surface area contributed by atoms with E-state index in [4.69, 9.17) is 4.74 Å². The van der Waals surface area contributed by atoms with Gasteiger partial charge in [-0.25, -0.2) is 4.98 Å². The second-order valence-electron chi connectivity index (χ2n) is 5.90. The van der Waals surface area contributed by atoms with E-state index in [9.17, 15) is 9.90 Å². The molecule has 140 valence electrons. The normalized spacial score (nSPS) is 10.8. The lowest BCUT2D eigenvalue weighted by atomic mass is 10.1. The lowest BCUT2D eigenvalue weighted by Crippen LogP contribution is -2.12. The van der Waals surface area contributed by atoms with Crippen LogP contribution in [0, 0.1) is 0 Å². The second-order valence-corrected chi connectivity index (χ2v) is 6.93. The van der Waals surface area contributed by atoms with Crippen molar-refractivity contribution < 1.29 is 14.6 Å². The highest BCUT2D eigenvalue weighted by atomic mass is 32.2. The Morgan fingerprint density at radius 2 is 1.96 bits per heavy atom. The number of hydrogen-bond donors (Lipinski definition) is 3. The summed E-state index contributed by atoms with van der Waals surface area (Å²) in [5.41, 5.74) is 1.06. The molecule has 7 nitrogen and oxygen atoms in total. The Morgan fingerprint density at radius 3 is 2.71 bits per heavy atom. The van der Waals surface area contributed by atoms with Crippen LogP contribution in [0.1, 0.15) is 10.4 Å². The Morgan fingerprint density at radius 1 is 1.14 bits per heavy atom. The summed E-state index contributed by atoms with van der Waals surface area (Å²) in [5.74, 6) is 0.450. The van der Waals surface area contributed by atoms with Gasteiger partial charge in [-0.05, 0) is 36.0 Å². The fourth-order valence-corrected chi connectivity index (χ4v) is 3.61. The number of ether oxygens (including phenoxy) is 1. The first-order valence-corrected chi connectivity index (χ1v) is 9.20. The lowest BCUT2D eigenvalue weighted by Gasteiger charge is -2.13. The average Bonchev–Trinajstić information content (AvgIpc) is 3.24. The van der Waals surface area contributed by atoms with E-state index >= 15 is 0 Å². The Hall–Kier alpha value is -3.52. The highest BCUT2D eigenvalue weighted by Gasteiger charge is 2.16. The number of benzene rings is 3. The number of rotatable bonds is 5. The van der Waals surface area contributed by atoms with E-state index in [0.29, 0.717) is 32.4 Å². The summed E-state index contributed by atoms with van der Waals surface area (Å²) in [6.45, 7) is 0. The van der Waals surface area contributed by atoms with Crippen molar-refractivity contribution in [2.45, 2.75) is 10.1 Å². The maximum atomic E-state index is 12.8. The number of aromatic nitrogens is 3. The minimum atomic E-state index is -0.273. The van der Waals surface area contributed by atoms with Crippen LogP contribution < -0.4 is 10.1 Å². The quantitative estimate of drug-likeness (QED) is 0.443. The van der Waals surface area contributed by atoms with Gasteiger partial charge in [-0.3, -0.25) is 9.89 Å². The molecule has 1 amide bonds. The molecule has 3 aromatic carbocycles. The van der Waals surface area contributed by atoms with E-state index in [-0.39, 0.29) is 11.7 Å². The van der Waals surface area contributed by atoms with Crippen LogP contribution in [0.5, 0.6) is 11.5 Å². The summed E-state index contributed by atoms with van der Waals surface area (Å²) < 4.78 is 5.19. The maximum Gasteiger partial charge on any atom is 0.255 e. The highest BCUT2D eigenvalue weighted by molar-refractivity contribution is 7.99. The van der Waals surface area contributed by atoms with E-state index < -0.39 is 0 Å². The van der Waals surface area contributed by atoms with Gasteiger partial charge in [0.15, 0.2) is 5.16 Å². The van der Waals surface area contributed by atoms with Gasteiger partial charge in [0.2, 0.25) is 0 Å². The van der Waals surface area contributed by atoms with Crippen molar-refractivity contribution in [3.8, 4) is 11.5 Å². The molecule has 28 heavy (non-hydrogen) atoms. The number of nitrogens with one attached hydrogen (secondary N) is 2. The zero-order chi connectivity index (χ0) is 19.5. The number of aromatic hydroxyl groups is 1. The van der Waals surface area contributed by atoms with Gasteiger partial charge in [-0.2, -0.15) is 5.10 Å². The first-order chi connectivity index (χ1) is 13.7. The van der Waals surface area contributed by atoms with Crippen LogP contribution in [0.25, 0.3) is 10.8 Å². The first kappa shape index (κ1) is 17.9. The average molecular weight is 392 g/mol. The number of H-pyrrole nitrogens is 1. The molecule has 1 heterocycles. The molecule has 0 fully saturated rings. The number of anilines is 1. The van der Waals surface area contributed by atoms with Crippen molar-refractivity contribution in [3.05, 3.63) is 66.5 Å². The van der Waals surface area contributed by atoms with E-state index in [2.05, 4.69) is 20.5 Å². The van der Waals surface area contributed by atoms with Crippen LogP contribution in [0.4, 0.5) is 5.69 Å². The SMILES string of the molecule is COc1cccc(C(=O)Nc2cc(Sc3ncn[nH]3)c(O)c3ccccc23)c1. The zero-order valence-corrected chi connectivity index (χ0v) is 15.7. The summed E-state index contributed by atoms with van der Waals surface area (Å²) >= 11 is 1.23. The number of aromatic amines is 1. The third kappa shape index (κ3) is 3.49. The third-order valence-electron chi connectivity index (χ3n) is 4.16. The van der Waals surface area contributed by atoms with Gasteiger partial charge in [0.1, 0.15) is 17.8 Å². The number of phenols is 1. The maximum absolute atomic E-state index is 12.8. The van der Waals surface area contributed by atoms with Crippen molar-refractivity contribution in [1.29, 1.82) is 0 Å². The van der Waals surface area contributed by atoms with Crippen LogP contribution in [-0.4, -0.2) is 33.3 Å². The molecule has 4 aromatic rings. The number of amides is 1. The smallest absolute Gasteiger partial charge is 0.255 e. The molecular weight excluding hydrogens is 376 g/mol. The molecule has 0 saturated carbocycles. The molecule has 0 aliphatic carbocycles. The molecule has 0 aliphatic rings. The number of fused-ring (bicyclic) bond motifs is 1. The Labute approximate surface area is 164 Å². The fraction of sp³-hybridized carbons (Fsp3) is 0.0500. The van der Waals surface area contributed by atoms with Crippen LogP contribution in [0.2, 0.25) is 0 Å². The minimum absolute atomic E-state index is 0.122. The number of nitrogens with zero attached hydrogens (tertiary/aromatic N) is 2. The molecule has 0 bridgehead atoms. The molecule has 3 N–H and O–H groups in total. The molecule has 1 aromatic heterocycles. The van der Waals surface area contributed by atoms with Gasteiger partial charge < -0.3 is 15.2 Å². The lowest BCUT2D eigenvalue weighted by molar-refractivity contribution is 0.102. The van der Waals surface area contributed by atoms with Crippen molar-refractivity contribution >= 4 is 34.1 Å². The predicted octanol–water partition coefficient (Wildman–Crippen LogP) is 4.08. The number of hydrogen-bond acceptors (Lipinski definition) is 6. The molecule has 0 spiro atoms. The molecule has 0 saturated heterocycles. The number of carbonyl (C=O) groups excluding carboxylic acids is 1. The van der Waals surface area contributed by atoms with Crippen LogP contribution in [0.3, 0.4) is 0 Å². The van der Waals surface area contributed by atoms with E-state index in [0.717, 1.165) is 5.39 Å². The number of carbonyl (C=O) groups is 1. The molecule has 4 rings (SSSR count). The summed E-state index contributed by atoms with van der Waals surface area (Å²) in [5, 5.41) is 22.1. The van der Waals surface area contributed by atoms with Gasteiger partial charge in [0, 0.05) is 16.3 Å². The summed E-state index contributed by atoms with van der Waals surface area (Å²) in [6.07, 6.45) is 1.39. The van der Waals surface area contributed by atoms with Crippen molar-refractivity contribution in [2.24, 2.45) is 0 Å². The zero-order valence-electron chi connectivity index (χ0n) is 14.8. The van der Waals surface area contributed by atoms with Gasteiger partial charge >= 0.3 is 0 Å². The summed E-state index contributed by atoms with van der Waals surface area (Å²) in [4.78, 5) is 17.4. The molecule has 0 unspecified atom stereocenters. The van der Waals surface area contributed by atoms with Gasteiger partial charge in [0.05, 0.1) is 17.7 Å². The topological polar surface area (TPSA) is 100 Å². The van der Waals surface area contributed by atoms with Crippen LogP contribution in [-0.2, 0) is 0 Å². The Bertz CT molecular complexity index is 1150. The van der Waals surface area contributed by atoms with Gasteiger partial charge in [-0.1, -0.05) is 30.3 Å². The standard InChI is InChI=1S/C20H16N4O3S/c1-27-13-6-4-5-12(9-13)19(26)23-16-10-17(28-20-21-11-22-24-20)18(25)15-8-3-2-7-14(15)16/h2-11,25H,1H3,(H,23,26)(H,21,22,24). The Balaban J connectivity index is 1.74. The number of phenolic OH excluding ortho intramolecular Hbond substituents is 1. The highest BCUT2D eigenvalue weighted by Crippen LogP contribution is 2.41.